The lowest BCUT2D eigenvalue weighted by molar-refractivity contribution is 0.502. The van der Waals surface area contributed by atoms with E-state index in [1.54, 1.807) is 5.54 Å². The van der Waals surface area contributed by atoms with Gasteiger partial charge in [0.05, 0.1) is 5.69 Å². The molecule has 1 saturated heterocycles. The van der Waals surface area contributed by atoms with Crippen LogP contribution in [0.3, 0.4) is 0 Å². The van der Waals surface area contributed by atoms with Gasteiger partial charge in [0.1, 0.15) is 5.84 Å². The molecule has 0 unspecified atom stereocenters. The van der Waals surface area contributed by atoms with Crippen molar-refractivity contribution in [3.63, 3.8) is 0 Å². The number of likely N-dealkylation sites (tertiary alicyclic amines) is 1. The minimum Gasteiger partial charge on any atom is -0.356 e. The molecule has 2 nitrogen and oxygen atoms in total. The molecule has 0 radical (unpaired) electrons. The molecular weight excluding hydrogens is 267 g/mol. The maximum Gasteiger partial charge on any atom is 0.105 e. The Bertz CT molecular complexity index is 481. The standard InChI is InChI=1S/C14H16Cl2N2/c1-11-10-12(16)5-6-13(11)17-14-4-2-8-18(14)9-3-7-15/h3,5-7,10H,2,4,8-9H2,1H3/b7-3+,17-14?. The first-order valence-electron chi connectivity index (χ1n) is 6.04. The lowest BCUT2D eigenvalue weighted by Gasteiger charge is -2.16. The van der Waals surface area contributed by atoms with Gasteiger partial charge in [-0.2, -0.15) is 0 Å². The minimum absolute atomic E-state index is 0.754. The third-order valence-electron chi connectivity index (χ3n) is 3.02. The summed E-state index contributed by atoms with van der Waals surface area (Å²) >= 11 is 11.5. The number of aliphatic imine (C=N–C) groups is 1. The highest BCUT2D eigenvalue weighted by atomic mass is 35.5. The summed E-state index contributed by atoms with van der Waals surface area (Å²) < 4.78 is 0. The summed E-state index contributed by atoms with van der Waals surface area (Å²) in [7, 11) is 0. The summed E-state index contributed by atoms with van der Waals surface area (Å²) in [6.07, 6.45) is 4.12. The molecule has 0 saturated carbocycles. The molecule has 2 rings (SSSR count). The molecule has 1 aromatic rings. The van der Waals surface area contributed by atoms with E-state index in [4.69, 9.17) is 28.2 Å². The van der Waals surface area contributed by atoms with E-state index >= 15 is 0 Å². The van der Waals surface area contributed by atoms with Crippen LogP contribution in [0.4, 0.5) is 5.69 Å². The molecule has 0 atom stereocenters. The maximum absolute atomic E-state index is 5.95. The Kier molecular flexibility index (Phi) is 4.67. The van der Waals surface area contributed by atoms with Crippen molar-refractivity contribution < 1.29 is 0 Å². The first-order valence-corrected chi connectivity index (χ1v) is 6.86. The number of aryl methyl sites for hydroxylation is 1. The molecule has 1 aliphatic heterocycles. The average molecular weight is 283 g/mol. The number of benzene rings is 1. The van der Waals surface area contributed by atoms with E-state index in [0.717, 1.165) is 48.0 Å². The summed E-state index contributed by atoms with van der Waals surface area (Å²) in [5, 5.41) is 0.754. The molecule has 18 heavy (non-hydrogen) atoms. The Morgan fingerprint density at radius 3 is 3.00 bits per heavy atom. The molecular formula is C14H16Cl2N2. The average Bonchev–Trinajstić information content (AvgIpc) is 2.77. The topological polar surface area (TPSA) is 15.6 Å². The highest BCUT2D eigenvalue weighted by Gasteiger charge is 2.17. The van der Waals surface area contributed by atoms with Gasteiger partial charge in [-0.1, -0.05) is 29.3 Å². The summed E-state index contributed by atoms with van der Waals surface area (Å²) in [6.45, 7) is 3.91. The van der Waals surface area contributed by atoms with Crippen LogP contribution in [0.15, 0.2) is 34.8 Å². The summed E-state index contributed by atoms with van der Waals surface area (Å²) in [6, 6.07) is 5.80. The first kappa shape index (κ1) is 13.4. The summed E-state index contributed by atoms with van der Waals surface area (Å²) in [4.78, 5) is 7.00. The molecule has 96 valence electrons. The second-order valence-corrected chi connectivity index (χ2v) is 5.06. The number of rotatable bonds is 3. The Hall–Kier alpha value is -0.990. The molecule has 4 heteroatoms. The Morgan fingerprint density at radius 1 is 1.44 bits per heavy atom. The van der Waals surface area contributed by atoms with Crippen LogP contribution in [0, 0.1) is 6.92 Å². The monoisotopic (exact) mass is 282 g/mol. The van der Waals surface area contributed by atoms with E-state index in [9.17, 15) is 0 Å². The molecule has 0 amide bonds. The Balaban J connectivity index is 2.20. The number of hydrogen-bond acceptors (Lipinski definition) is 1. The van der Waals surface area contributed by atoms with Gasteiger partial charge in [-0.25, -0.2) is 4.99 Å². The molecule has 0 aromatic heterocycles. The van der Waals surface area contributed by atoms with Gasteiger partial charge in [-0.15, -0.1) is 0 Å². The molecule has 1 aromatic carbocycles. The van der Waals surface area contributed by atoms with E-state index in [1.165, 1.54) is 0 Å². The fraction of sp³-hybridized carbons (Fsp3) is 0.357. The smallest absolute Gasteiger partial charge is 0.105 e. The van der Waals surface area contributed by atoms with Crippen molar-refractivity contribution in [1.29, 1.82) is 0 Å². The van der Waals surface area contributed by atoms with Crippen molar-refractivity contribution in [2.45, 2.75) is 19.8 Å². The predicted octanol–water partition coefficient (Wildman–Crippen LogP) is 4.53. The number of halogens is 2. The van der Waals surface area contributed by atoms with Crippen LogP contribution in [0.1, 0.15) is 18.4 Å². The van der Waals surface area contributed by atoms with Crippen molar-refractivity contribution in [2.75, 3.05) is 13.1 Å². The van der Waals surface area contributed by atoms with Gasteiger partial charge >= 0.3 is 0 Å². The molecule has 0 spiro atoms. The molecule has 0 N–H and O–H groups in total. The summed E-state index contributed by atoms with van der Waals surface area (Å²) in [5.74, 6) is 1.13. The fourth-order valence-corrected chi connectivity index (χ4v) is 2.40. The van der Waals surface area contributed by atoms with Crippen LogP contribution >= 0.6 is 23.2 Å². The van der Waals surface area contributed by atoms with Gasteiger partial charge in [0.15, 0.2) is 0 Å². The van der Waals surface area contributed by atoms with Gasteiger partial charge in [0, 0.05) is 30.1 Å². The van der Waals surface area contributed by atoms with Gasteiger partial charge in [0.25, 0.3) is 0 Å². The zero-order chi connectivity index (χ0) is 13.0. The highest BCUT2D eigenvalue weighted by Crippen LogP contribution is 2.24. The van der Waals surface area contributed by atoms with Gasteiger partial charge in [-0.05, 0) is 37.1 Å². The molecule has 0 bridgehead atoms. The second kappa shape index (κ2) is 6.26. The van der Waals surface area contributed by atoms with E-state index < -0.39 is 0 Å². The zero-order valence-electron chi connectivity index (χ0n) is 10.4. The number of amidine groups is 1. The van der Waals surface area contributed by atoms with Crippen molar-refractivity contribution in [3.05, 3.63) is 40.4 Å². The lowest BCUT2D eigenvalue weighted by atomic mass is 10.2. The largest absolute Gasteiger partial charge is 0.356 e. The molecule has 1 heterocycles. The van der Waals surface area contributed by atoms with Crippen LogP contribution in [-0.4, -0.2) is 23.8 Å². The van der Waals surface area contributed by atoms with Crippen LogP contribution < -0.4 is 0 Å². The van der Waals surface area contributed by atoms with E-state index in [2.05, 4.69) is 4.90 Å². The normalized spacial score (nSPS) is 18.2. The van der Waals surface area contributed by atoms with E-state index in [1.807, 2.05) is 31.2 Å². The quantitative estimate of drug-likeness (QED) is 0.796. The van der Waals surface area contributed by atoms with Gasteiger partial charge < -0.3 is 4.90 Å². The first-order chi connectivity index (χ1) is 8.70. The lowest BCUT2D eigenvalue weighted by Crippen LogP contribution is -2.24. The van der Waals surface area contributed by atoms with Crippen molar-refractivity contribution in [3.8, 4) is 0 Å². The van der Waals surface area contributed by atoms with Crippen molar-refractivity contribution in [1.82, 2.24) is 4.90 Å². The predicted molar refractivity (Wildman–Crippen MR) is 79.1 cm³/mol. The van der Waals surface area contributed by atoms with E-state index in [0.29, 0.717) is 0 Å². The second-order valence-electron chi connectivity index (χ2n) is 4.37. The maximum atomic E-state index is 5.95. The minimum atomic E-state index is 0.754. The van der Waals surface area contributed by atoms with Crippen LogP contribution in [-0.2, 0) is 0 Å². The van der Waals surface area contributed by atoms with Crippen molar-refractivity contribution >= 4 is 34.7 Å². The third kappa shape index (κ3) is 3.27. The Labute approximate surface area is 118 Å². The van der Waals surface area contributed by atoms with E-state index in [-0.39, 0.29) is 0 Å². The van der Waals surface area contributed by atoms with Crippen LogP contribution in [0.25, 0.3) is 0 Å². The fourth-order valence-electron chi connectivity index (χ4n) is 2.09. The molecule has 1 fully saturated rings. The number of hydrogen-bond donors (Lipinski definition) is 0. The van der Waals surface area contributed by atoms with Crippen LogP contribution in [0.5, 0.6) is 0 Å². The number of nitrogens with zero attached hydrogens (tertiary/aromatic N) is 2. The molecule has 1 aliphatic rings. The third-order valence-corrected chi connectivity index (χ3v) is 3.43. The van der Waals surface area contributed by atoms with Crippen LogP contribution in [0.2, 0.25) is 5.02 Å². The summed E-state index contributed by atoms with van der Waals surface area (Å²) in [5.41, 5.74) is 3.66. The zero-order valence-corrected chi connectivity index (χ0v) is 11.9. The SMILES string of the molecule is Cc1cc(Cl)ccc1N=C1CCCN1C/C=C/Cl. The Morgan fingerprint density at radius 2 is 2.28 bits per heavy atom. The van der Waals surface area contributed by atoms with Gasteiger partial charge in [-0.3, -0.25) is 0 Å². The molecule has 0 aliphatic carbocycles. The van der Waals surface area contributed by atoms with Gasteiger partial charge in [0.2, 0.25) is 0 Å². The van der Waals surface area contributed by atoms with Crippen molar-refractivity contribution in [2.24, 2.45) is 4.99 Å². The highest BCUT2D eigenvalue weighted by molar-refractivity contribution is 6.30.